The van der Waals surface area contributed by atoms with Gasteiger partial charge in [0.25, 0.3) is 0 Å². The summed E-state index contributed by atoms with van der Waals surface area (Å²) in [6, 6.07) is 0. The van der Waals surface area contributed by atoms with E-state index in [-0.39, 0.29) is 17.4 Å². The molecule has 1 N–H and O–H groups in total. The van der Waals surface area contributed by atoms with E-state index in [4.69, 9.17) is 0 Å². The van der Waals surface area contributed by atoms with E-state index < -0.39 is 0 Å². The van der Waals surface area contributed by atoms with Gasteiger partial charge in [0.15, 0.2) is 0 Å². The topological polar surface area (TPSA) is 58.1 Å². The largest absolute Gasteiger partial charge is 0.351 e. The lowest BCUT2D eigenvalue weighted by molar-refractivity contribution is -0.125. The number of aryl methyl sites for hydroxylation is 1. The molecule has 1 amide bonds. The SMILES string of the molecule is Cc1cnc(N2CCC(C(=O)NC(C)(C)C)C2)nc1. The van der Waals surface area contributed by atoms with E-state index in [9.17, 15) is 4.79 Å². The molecular weight excluding hydrogens is 240 g/mol. The molecule has 2 rings (SSSR count). The van der Waals surface area contributed by atoms with Crippen molar-refractivity contribution in [1.82, 2.24) is 15.3 Å². The Bertz CT molecular complexity index is 450. The Morgan fingerprint density at radius 1 is 1.37 bits per heavy atom. The van der Waals surface area contributed by atoms with Crippen LogP contribution >= 0.6 is 0 Å². The molecule has 1 fully saturated rings. The Kier molecular flexibility index (Phi) is 3.73. The summed E-state index contributed by atoms with van der Waals surface area (Å²) in [7, 11) is 0. The van der Waals surface area contributed by atoms with E-state index in [1.165, 1.54) is 0 Å². The number of nitrogens with one attached hydrogen (secondary N) is 1. The molecule has 1 aliphatic rings. The molecule has 1 aromatic rings. The predicted octanol–water partition coefficient (Wildman–Crippen LogP) is 1.53. The molecule has 1 saturated heterocycles. The number of amides is 1. The van der Waals surface area contributed by atoms with Crippen LogP contribution in [-0.4, -0.2) is 34.5 Å². The minimum atomic E-state index is -0.176. The zero-order valence-corrected chi connectivity index (χ0v) is 12.1. The maximum absolute atomic E-state index is 12.1. The third-order valence-corrected chi connectivity index (χ3v) is 3.11. The molecule has 1 aromatic heterocycles. The molecule has 1 aliphatic heterocycles. The fourth-order valence-corrected chi connectivity index (χ4v) is 2.18. The number of aromatic nitrogens is 2. The van der Waals surface area contributed by atoms with Crippen LogP contribution in [0.3, 0.4) is 0 Å². The smallest absolute Gasteiger partial charge is 0.225 e. The normalized spacial score (nSPS) is 19.6. The zero-order valence-electron chi connectivity index (χ0n) is 12.1. The van der Waals surface area contributed by atoms with Gasteiger partial charge in [-0.25, -0.2) is 9.97 Å². The molecule has 19 heavy (non-hydrogen) atoms. The number of rotatable bonds is 2. The molecule has 5 heteroatoms. The molecule has 104 valence electrons. The summed E-state index contributed by atoms with van der Waals surface area (Å²) >= 11 is 0. The monoisotopic (exact) mass is 262 g/mol. The van der Waals surface area contributed by atoms with Crippen LogP contribution in [0.5, 0.6) is 0 Å². The Morgan fingerprint density at radius 3 is 2.58 bits per heavy atom. The average Bonchev–Trinajstić information content (AvgIpc) is 2.77. The van der Waals surface area contributed by atoms with Gasteiger partial charge in [-0.05, 0) is 39.7 Å². The molecule has 0 aromatic carbocycles. The highest BCUT2D eigenvalue weighted by atomic mass is 16.2. The first-order chi connectivity index (χ1) is 8.85. The molecule has 5 nitrogen and oxygen atoms in total. The van der Waals surface area contributed by atoms with Crippen molar-refractivity contribution in [2.75, 3.05) is 18.0 Å². The highest BCUT2D eigenvalue weighted by molar-refractivity contribution is 5.80. The van der Waals surface area contributed by atoms with Gasteiger partial charge in [0.2, 0.25) is 11.9 Å². The molecule has 0 bridgehead atoms. The van der Waals surface area contributed by atoms with Crippen LogP contribution in [0.15, 0.2) is 12.4 Å². The van der Waals surface area contributed by atoms with Crippen molar-refractivity contribution in [3.8, 4) is 0 Å². The molecule has 0 radical (unpaired) electrons. The average molecular weight is 262 g/mol. The minimum absolute atomic E-state index is 0.0316. The van der Waals surface area contributed by atoms with E-state index in [0.717, 1.165) is 24.5 Å². The number of carbonyl (C=O) groups excluding carboxylic acids is 1. The van der Waals surface area contributed by atoms with E-state index in [1.54, 1.807) is 0 Å². The third kappa shape index (κ3) is 3.66. The number of anilines is 1. The van der Waals surface area contributed by atoms with Gasteiger partial charge in [-0.15, -0.1) is 0 Å². The Hall–Kier alpha value is -1.65. The van der Waals surface area contributed by atoms with Crippen LogP contribution in [0.2, 0.25) is 0 Å². The standard InChI is InChI=1S/C14H22N4O/c1-10-7-15-13(16-8-10)18-6-5-11(9-18)12(19)17-14(2,3)4/h7-8,11H,5-6,9H2,1-4H3,(H,17,19). The van der Waals surface area contributed by atoms with Crippen LogP contribution in [-0.2, 0) is 4.79 Å². The molecular formula is C14H22N4O. The zero-order chi connectivity index (χ0) is 14.0. The van der Waals surface area contributed by atoms with Crippen LogP contribution in [0.4, 0.5) is 5.95 Å². The van der Waals surface area contributed by atoms with E-state index in [2.05, 4.69) is 20.2 Å². The first-order valence-corrected chi connectivity index (χ1v) is 6.71. The fraction of sp³-hybridized carbons (Fsp3) is 0.643. The van der Waals surface area contributed by atoms with Gasteiger partial charge in [-0.2, -0.15) is 0 Å². The number of nitrogens with zero attached hydrogens (tertiary/aromatic N) is 3. The summed E-state index contributed by atoms with van der Waals surface area (Å²) in [4.78, 5) is 22.8. The lowest BCUT2D eigenvalue weighted by atomic mass is 10.0. The van der Waals surface area contributed by atoms with Gasteiger partial charge in [0.1, 0.15) is 0 Å². The molecule has 0 aliphatic carbocycles. The molecule has 2 heterocycles. The Morgan fingerprint density at radius 2 is 2.00 bits per heavy atom. The van der Waals surface area contributed by atoms with E-state index >= 15 is 0 Å². The van der Waals surface area contributed by atoms with Gasteiger partial charge < -0.3 is 10.2 Å². The van der Waals surface area contributed by atoms with Crippen LogP contribution in [0.1, 0.15) is 32.8 Å². The second-order valence-electron chi connectivity index (χ2n) is 6.23. The number of hydrogen-bond acceptors (Lipinski definition) is 4. The lowest BCUT2D eigenvalue weighted by Gasteiger charge is -2.23. The van der Waals surface area contributed by atoms with Crippen molar-refractivity contribution < 1.29 is 4.79 Å². The first-order valence-electron chi connectivity index (χ1n) is 6.71. The van der Waals surface area contributed by atoms with Crippen molar-refractivity contribution >= 4 is 11.9 Å². The molecule has 0 spiro atoms. The molecule has 0 saturated carbocycles. The van der Waals surface area contributed by atoms with Crippen LogP contribution < -0.4 is 10.2 Å². The van der Waals surface area contributed by atoms with Crippen molar-refractivity contribution in [2.45, 2.75) is 39.7 Å². The van der Waals surface area contributed by atoms with E-state index in [1.807, 2.05) is 40.1 Å². The summed E-state index contributed by atoms with van der Waals surface area (Å²) in [6.45, 7) is 9.51. The maximum Gasteiger partial charge on any atom is 0.225 e. The summed E-state index contributed by atoms with van der Waals surface area (Å²) in [5, 5.41) is 3.04. The predicted molar refractivity (Wildman–Crippen MR) is 75.0 cm³/mol. The summed E-state index contributed by atoms with van der Waals surface area (Å²) in [5.41, 5.74) is 0.871. The summed E-state index contributed by atoms with van der Waals surface area (Å²) in [5.74, 6) is 0.878. The number of carbonyl (C=O) groups is 1. The second-order valence-corrected chi connectivity index (χ2v) is 6.23. The van der Waals surface area contributed by atoms with Gasteiger partial charge in [0.05, 0.1) is 5.92 Å². The van der Waals surface area contributed by atoms with Gasteiger partial charge >= 0.3 is 0 Å². The van der Waals surface area contributed by atoms with Crippen LogP contribution in [0, 0.1) is 12.8 Å². The van der Waals surface area contributed by atoms with Crippen molar-refractivity contribution in [3.63, 3.8) is 0 Å². The third-order valence-electron chi connectivity index (χ3n) is 3.11. The van der Waals surface area contributed by atoms with Gasteiger partial charge in [-0.3, -0.25) is 4.79 Å². The number of hydrogen-bond donors (Lipinski definition) is 1. The van der Waals surface area contributed by atoms with E-state index in [0.29, 0.717) is 6.54 Å². The van der Waals surface area contributed by atoms with Crippen molar-refractivity contribution in [2.24, 2.45) is 5.92 Å². The van der Waals surface area contributed by atoms with Crippen molar-refractivity contribution in [3.05, 3.63) is 18.0 Å². The Labute approximate surface area is 114 Å². The molecule has 1 atom stereocenters. The van der Waals surface area contributed by atoms with Crippen molar-refractivity contribution in [1.29, 1.82) is 0 Å². The summed E-state index contributed by atoms with van der Waals surface area (Å²) < 4.78 is 0. The first kappa shape index (κ1) is 13.8. The quantitative estimate of drug-likeness (QED) is 0.878. The highest BCUT2D eigenvalue weighted by Crippen LogP contribution is 2.21. The van der Waals surface area contributed by atoms with Gasteiger partial charge in [-0.1, -0.05) is 0 Å². The minimum Gasteiger partial charge on any atom is -0.351 e. The lowest BCUT2D eigenvalue weighted by Crippen LogP contribution is -2.44. The summed E-state index contributed by atoms with van der Waals surface area (Å²) in [6.07, 6.45) is 4.48. The fourth-order valence-electron chi connectivity index (χ4n) is 2.18. The van der Waals surface area contributed by atoms with Gasteiger partial charge in [0, 0.05) is 31.0 Å². The van der Waals surface area contributed by atoms with Crippen LogP contribution in [0.25, 0.3) is 0 Å². The highest BCUT2D eigenvalue weighted by Gasteiger charge is 2.31. The molecule has 1 unspecified atom stereocenters. The Balaban J connectivity index is 1.96. The maximum atomic E-state index is 12.1. The second kappa shape index (κ2) is 5.15.